The Balaban J connectivity index is 2.14. The molecule has 1 heterocycles. The molecular formula is C20H17ClFNO2S. The first-order chi connectivity index (χ1) is 12.3. The summed E-state index contributed by atoms with van der Waals surface area (Å²) in [5.41, 5.74) is 1.94. The van der Waals surface area contributed by atoms with Crippen molar-refractivity contribution in [3.05, 3.63) is 69.3 Å². The maximum atomic E-state index is 13.3. The van der Waals surface area contributed by atoms with Gasteiger partial charge in [0.1, 0.15) is 5.82 Å². The smallest absolute Gasteiger partial charge is 0.268 e. The molecule has 0 N–H and O–H groups in total. The lowest BCUT2D eigenvalue weighted by Crippen LogP contribution is -2.32. The monoisotopic (exact) mass is 389 g/mol. The summed E-state index contributed by atoms with van der Waals surface area (Å²) in [5, 5.41) is 0.592. The number of rotatable bonds is 4. The number of nitrogens with zero attached hydrogens (tertiary/aromatic N) is 1. The molecule has 0 saturated carbocycles. The van der Waals surface area contributed by atoms with Crippen LogP contribution in [0.3, 0.4) is 0 Å². The fourth-order valence-electron chi connectivity index (χ4n) is 2.78. The van der Waals surface area contributed by atoms with Gasteiger partial charge in [0.25, 0.3) is 11.8 Å². The van der Waals surface area contributed by atoms with Gasteiger partial charge in [0.15, 0.2) is 0 Å². The van der Waals surface area contributed by atoms with Crippen molar-refractivity contribution in [2.45, 2.75) is 26.0 Å². The van der Waals surface area contributed by atoms with Crippen LogP contribution in [0.2, 0.25) is 5.02 Å². The summed E-state index contributed by atoms with van der Waals surface area (Å²) >= 11 is 7.50. The first-order valence-corrected chi connectivity index (χ1v) is 9.37. The quantitative estimate of drug-likeness (QED) is 0.673. The maximum absolute atomic E-state index is 13.3. The van der Waals surface area contributed by atoms with E-state index in [-0.39, 0.29) is 11.2 Å². The van der Waals surface area contributed by atoms with E-state index in [9.17, 15) is 14.0 Å². The van der Waals surface area contributed by atoms with E-state index in [2.05, 4.69) is 0 Å². The zero-order chi connectivity index (χ0) is 19.0. The zero-order valence-electron chi connectivity index (χ0n) is 14.5. The number of thioether (sulfide) groups is 1. The molecule has 2 aromatic rings. The topological polar surface area (TPSA) is 37.4 Å². The van der Waals surface area contributed by atoms with E-state index < -0.39 is 11.7 Å². The third kappa shape index (κ3) is 3.29. The molecule has 3 rings (SSSR count). The second kappa shape index (κ2) is 7.25. The molecule has 0 unspecified atom stereocenters. The number of carbonyl (C=O) groups excluding carboxylic acids is 2. The van der Waals surface area contributed by atoms with Crippen molar-refractivity contribution >= 4 is 46.4 Å². The molecular weight excluding hydrogens is 373 g/mol. The first-order valence-electron chi connectivity index (χ1n) is 8.12. The predicted octanol–water partition coefficient (Wildman–Crippen LogP) is 5.21. The minimum absolute atomic E-state index is 0.109. The number of anilines is 1. The fourth-order valence-corrected chi connectivity index (χ4v) is 3.94. The van der Waals surface area contributed by atoms with Gasteiger partial charge in [-0.3, -0.25) is 9.59 Å². The zero-order valence-corrected chi connectivity index (χ0v) is 16.1. The van der Waals surface area contributed by atoms with Gasteiger partial charge in [-0.05, 0) is 42.3 Å². The van der Waals surface area contributed by atoms with E-state index in [0.717, 1.165) is 4.90 Å². The second-order valence-corrected chi connectivity index (χ2v) is 8.20. The van der Waals surface area contributed by atoms with Crippen LogP contribution in [0.1, 0.15) is 25.0 Å². The summed E-state index contributed by atoms with van der Waals surface area (Å²) in [7, 11) is 0. The van der Waals surface area contributed by atoms with Gasteiger partial charge in [-0.15, -0.1) is 11.8 Å². The minimum Gasteiger partial charge on any atom is -0.268 e. The lowest BCUT2D eigenvalue weighted by atomic mass is 10.1. The van der Waals surface area contributed by atoms with E-state index >= 15 is 0 Å². The Hall–Kier alpha value is -2.11. The van der Waals surface area contributed by atoms with Crippen LogP contribution in [0, 0.1) is 12.7 Å². The van der Waals surface area contributed by atoms with Crippen molar-refractivity contribution in [1.82, 2.24) is 0 Å². The van der Waals surface area contributed by atoms with Gasteiger partial charge < -0.3 is 0 Å². The van der Waals surface area contributed by atoms with Crippen LogP contribution >= 0.6 is 23.4 Å². The summed E-state index contributed by atoms with van der Waals surface area (Å²) in [4.78, 5) is 27.8. The predicted molar refractivity (Wildman–Crippen MR) is 105 cm³/mol. The molecule has 3 nitrogen and oxygen atoms in total. The van der Waals surface area contributed by atoms with E-state index in [1.54, 1.807) is 25.1 Å². The summed E-state index contributed by atoms with van der Waals surface area (Å²) < 4.78 is 13.3. The van der Waals surface area contributed by atoms with Crippen LogP contribution in [0.5, 0.6) is 0 Å². The van der Waals surface area contributed by atoms with Crippen molar-refractivity contribution in [3.63, 3.8) is 0 Å². The highest BCUT2D eigenvalue weighted by Crippen LogP contribution is 2.41. The summed E-state index contributed by atoms with van der Waals surface area (Å²) in [6.45, 7) is 5.67. The highest BCUT2D eigenvalue weighted by atomic mass is 35.5. The van der Waals surface area contributed by atoms with Gasteiger partial charge in [-0.1, -0.05) is 43.6 Å². The van der Waals surface area contributed by atoms with Crippen molar-refractivity contribution in [2.75, 3.05) is 4.90 Å². The van der Waals surface area contributed by atoms with E-state index in [0.29, 0.717) is 32.3 Å². The number of halogens is 2. The molecule has 6 heteroatoms. The molecule has 0 aliphatic carbocycles. The van der Waals surface area contributed by atoms with Crippen LogP contribution < -0.4 is 4.90 Å². The van der Waals surface area contributed by atoms with E-state index in [1.165, 1.54) is 36.0 Å². The molecule has 0 saturated heterocycles. The number of hydrogen-bond acceptors (Lipinski definition) is 3. The lowest BCUT2D eigenvalue weighted by molar-refractivity contribution is -0.119. The first kappa shape index (κ1) is 18.7. The van der Waals surface area contributed by atoms with Crippen LogP contribution in [-0.4, -0.2) is 17.1 Å². The molecule has 0 atom stereocenters. The molecule has 1 aliphatic rings. The van der Waals surface area contributed by atoms with Gasteiger partial charge in [-0.2, -0.15) is 0 Å². The van der Waals surface area contributed by atoms with Crippen LogP contribution in [-0.2, 0) is 9.59 Å². The molecule has 0 spiro atoms. The Morgan fingerprint density at radius 3 is 2.31 bits per heavy atom. The Morgan fingerprint density at radius 1 is 1.04 bits per heavy atom. The molecule has 0 radical (unpaired) electrons. The molecule has 0 bridgehead atoms. The average Bonchev–Trinajstić information content (AvgIpc) is 2.82. The van der Waals surface area contributed by atoms with Gasteiger partial charge in [0.05, 0.1) is 16.2 Å². The SMILES string of the molecule is Cc1c(Cl)cccc1N1C(=O)C(SC(C)C)=C(c2ccc(F)cc2)C1=O. The molecule has 26 heavy (non-hydrogen) atoms. The number of carbonyl (C=O) groups is 2. The normalized spacial score (nSPS) is 14.8. The third-order valence-electron chi connectivity index (χ3n) is 4.01. The van der Waals surface area contributed by atoms with Gasteiger partial charge >= 0.3 is 0 Å². The highest BCUT2D eigenvalue weighted by Gasteiger charge is 2.41. The number of imide groups is 1. The molecule has 2 amide bonds. The maximum Gasteiger partial charge on any atom is 0.272 e. The molecule has 134 valence electrons. The highest BCUT2D eigenvalue weighted by molar-refractivity contribution is 8.04. The number of amides is 2. The number of benzene rings is 2. The van der Waals surface area contributed by atoms with E-state index in [4.69, 9.17) is 11.6 Å². The molecule has 2 aromatic carbocycles. The third-order valence-corrected chi connectivity index (χ3v) is 5.50. The Labute approximate surface area is 160 Å². The number of hydrogen-bond donors (Lipinski definition) is 0. The van der Waals surface area contributed by atoms with Crippen LogP contribution in [0.4, 0.5) is 10.1 Å². The molecule has 0 fully saturated rings. The fraction of sp³-hybridized carbons (Fsp3) is 0.200. The van der Waals surface area contributed by atoms with Gasteiger partial charge in [0.2, 0.25) is 0 Å². The van der Waals surface area contributed by atoms with E-state index in [1.807, 2.05) is 13.8 Å². The Morgan fingerprint density at radius 2 is 1.69 bits per heavy atom. The van der Waals surface area contributed by atoms with Crippen molar-refractivity contribution in [3.8, 4) is 0 Å². The standard InChI is InChI=1S/C20H17ClFNO2S/c1-11(2)26-18-17(13-7-9-14(22)10-8-13)19(24)23(20(18)25)16-6-4-5-15(21)12(16)3/h4-11H,1-3H3. The molecule has 0 aromatic heterocycles. The van der Waals surface area contributed by atoms with Crippen molar-refractivity contribution in [2.24, 2.45) is 0 Å². The average molecular weight is 390 g/mol. The second-order valence-electron chi connectivity index (χ2n) is 6.21. The van der Waals surface area contributed by atoms with Gasteiger partial charge in [-0.25, -0.2) is 9.29 Å². The van der Waals surface area contributed by atoms with Crippen molar-refractivity contribution < 1.29 is 14.0 Å². The van der Waals surface area contributed by atoms with Crippen LogP contribution in [0.15, 0.2) is 47.4 Å². The Kier molecular flexibility index (Phi) is 5.21. The lowest BCUT2D eigenvalue weighted by Gasteiger charge is -2.18. The minimum atomic E-state index is -0.421. The summed E-state index contributed by atoms with van der Waals surface area (Å²) in [6, 6.07) is 10.7. The largest absolute Gasteiger partial charge is 0.272 e. The molecule has 1 aliphatic heterocycles. The Bertz CT molecular complexity index is 922. The summed E-state index contributed by atoms with van der Waals surface area (Å²) in [5.74, 6) is -1.19. The van der Waals surface area contributed by atoms with Crippen molar-refractivity contribution in [1.29, 1.82) is 0 Å². The summed E-state index contributed by atoms with van der Waals surface area (Å²) in [6.07, 6.45) is 0. The van der Waals surface area contributed by atoms with Gasteiger partial charge in [0, 0.05) is 10.3 Å². The van der Waals surface area contributed by atoms with Crippen LogP contribution in [0.25, 0.3) is 5.57 Å².